The van der Waals surface area contributed by atoms with Gasteiger partial charge in [-0.15, -0.1) is 0 Å². The zero-order chi connectivity index (χ0) is 27.6. The van der Waals surface area contributed by atoms with E-state index in [9.17, 15) is 9.90 Å². The van der Waals surface area contributed by atoms with Crippen molar-refractivity contribution in [1.29, 1.82) is 0 Å². The van der Waals surface area contributed by atoms with Crippen LogP contribution in [0.1, 0.15) is 28.7 Å². The molecule has 39 heavy (non-hydrogen) atoms. The molecule has 0 aliphatic rings. The quantitative estimate of drug-likeness (QED) is 0.192. The predicted molar refractivity (Wildman–Crippen MR) is 154 cm³/mol. The second kappa shape index (κ2) is 13.8. The maximum atomic E-state index is 11.4. The van der Waals surface area contributed by atoms with E-state index < -0.39 is 12.0 Å². The van der Waals surface area contributed by atoms with Crippen LogP contribution in [0.25, 0.3) is 0 Å². The van der Waals surface area contributed by atoms with E-state index >= 15 is 0 Å². The first kappa shape index (κ1) is 28.2. The molecule has 0 radical (unpaired) electrons. The van der Waals surface area contributed by atoms with Crippen LogP contribution in [0, 0.1) is 6.92 Å². The lowest BCUT2D eigenvalue weighted by Gasteiger charge is -2.25. The fraction of sp³-hybridized carbons (Fsp3) is 0.219. The number of carboxylic acids is 1. The third kappa shape index (κ3) is 8.58. The van der Waals surface area contributed by atoms with Crippen molar-refractivity contribution in [2.75, 3.05) is 6.54 Å². The van der Waals surface area contributed by atoms with Crippen LogP contribution >= 0.6 is 11.6 Å². The molecule has 0 unspecified atom stereocenters. The van der Waals surface area contributed by atoms with Gasteiger partial charge in [0, 0.05) is 35.8 Å². The summed E-state index contributed by atoms with van der Waals surface area (Å²) in [5, 5.41) is 9.99. The lowest BCUT2D eigenvalue weighted by Crippen LogP contribution is -2.35. The molecule has 7 heteroatoms. The van der Waals surface area contributed by atoms with Gasteiger partial charge in [0.05, 0.1) is 0 Å². The van der Waals surface area contributed by atoms with Crippen molar-refractivity contribution < 1.29 is 19.4 Å². The van der Waals surface area contributed by atoms with Gasteiger partial charge in [0.25, 0.3) is 0 Å². The molecule has 4 aromatic carbocycles. The molecule has 202 valence electrons. The normalized spacial score (nSPS) is 11.8. The highest BCUT2D eigenvalue weighted by Crippen LogP contribution is 2.29. The van der Waals surface area contributed by atoms with E-state index in [2.05, 4.69) is 24.0 Å². The lowest BCUT2D eigenvalue weighted by atomic mass is 10.1. The molecule has 0 spiro atoms. The number of ether oxygens (including phenoxy) is 2. The van der Waals surface area contributed by atoms with Crippen molar-refractivity contribution in [3.63, 3.8) is 0 Å². The highest BCUT2D eigenvalue weighted by atomic mass is 35.5. The maximum absolute atomic E-state index is 11.4. The topological polar surface area (TPSA) is 85.0 Å². The first-order chi connectivity index (χ1) is 18.9. The summed E-state index contributed by atoms with van der Waals surface area (Å²) in [6.07, 6.45) is 0.307. The number of carboxylic acid groups (broad SMARTS) is 1. The number of halogens is 1. The van der Waals surface area contributed by atoms with E-state index in [0.29, 0.717) is 43.4 Å². The molecule has 0 aliphatic heterocycles. The standard InChI is InChI=1S/C32H33ClN2O4/c1-23-7-6-8-24(19-23)22-38-30-11-4-2-9-25(30)20-35(18-17-29(34)32(36)37)21-26-10-3-5-12-31(26)39-28-15-13-27(33)14-16-28/h2-16,19,29H,17-18,20-22,34H2,1H3,(H,36,37)/t29-/m0/s1. The van der Waals surface area contributed by atoms with E-state index in [1.54, 1.807) is 12.1 Å². The van der Waals surface area contributed by atoms with Gasteiger partial charge in [-0.3, -0.25) is 9.69 Å². The van der Waals surface area contributed by atoms with Gasteiger partial charge < -0.3 is 20.3 Å². The van der Waals surface area contributed by atoms with Crippen molar-refractivity contribution >= 4 is 17.6 Å². The van der Waals surface area contributed by atoms with Crippen LogP contribution in [-0.2, 0) is 24.5 Å². The van der Waals surface area contributed by atoms with Gasteiger partial charge in [0.2, 0.25) is 0 Å². The number of hydrogen-bond donors (Lipinski definition) is 2. The summed E-state index contributed by atoms with van der Waals surface area (Å²) in [5.41, 5.74) is 10.1. The number of aryl methyl sites for hydroxylation is 1. The molecule has 4 rings (SSSR count). The number of aliphatic carboxylic acids is 1. The van der Waals surface area contributed by atoms with Crippen LogP contribution in [0.5, 0.6) is 17.2 Å². The first-order valence-electron chi connectivity index (χ1n) is 12.9. The third-order valence-corrected chi connectivity index (χ3v) is 6.58. The number of carbonyl (C=O) groups is 1. The molecule has 0 bridgehead atoms. The Balaban J connectivity index is 1.54. The lowest BCUT2D eigenvalue weighted by molar-refractivity contribution is -0.138. The Bertz CT molecular complexity index is 1380. The highest BCUT2D eigenvalue weighted by Gasteiger charge is 2.18. The molecule has 0 amide bonds. The van der Waals surface area contributed by atoms with Gasteiger partial charge >= 0.3 is 5.97 Å². The predicted octanol–water partition coefficient (Wildman–Crippen LogP) is 6.82. The second-order valence-electron chi connectivity index (χ2n) is 9.49. The Labute approximate surface area is 234 Å². The summed E-state index contributed by atoms with van der Waals surface area (Å²) in [6.45, 7) is 4.08. The van der Waals surface area contributed by atoms with E-state index in [0.717, 1.165) is 28.2 Å². The van der Waals surface area contributed by atoms with Gasteiger partial charge in [-0.05, 0) is 55.3 Å². The Morgan fingerprint density at radius 3 is 2.21 bits per heavy atom. The van der Waals surface area contributed by atoms with Crippen molar-refractivity contribution in [2.45, 2.75) is 39.1 Å². The Hall–Kier alpha value is -3.84. The summed E-state index contributed by atoms with van der Waals surface area (Å²) in [7, 11) is 0. The third-order valence-electron chi connectivity index (χ3n) is 6.32. The zero-order valence-electron chi connectivity index (χ0n) is 21.9. The van der Waals surface area contributed by atoms with Crippen molar-refractivity contribution in [1.82, 2.24) is 4.90 Å². The van der Waals surface area contributed by atoms with Crippen LogP contribution in [0.3, 0.4) is 0 Å². The van der Waals surface area contributed by atoms with E-state index in [1.165, 1.54) is 5.56 Å². The van der Waals surface area contributed by atoms with Crippen LogP contribution in [0.2, 0.25) is 5.02 Å². The summed E-state index contributed by atoms with van der Waals surface area (Å²) in [4.78, 5) is 13.6. The number of rotatable bonds is 13. The molecule has 0 fully saturated rings. The minimum Gasteiger partial charge on any atom is -0.489 e. The molecule has 0 aliphatic carbocycles. The summed E-state index contributed by atoms with van der Waals surface area (Å²) in [5.74, 6) is 1.18. The van der Waals surface area contributed by atoms with Crippen LogP contribution < -0.4 is 15.2 Å². The van der Waals surface area contributed by atoms with Crippen molar-refractivity contribution in [3.05, 3.63) is 124 Å². The van der Waals surface area contributed by atoms with Crippen LogP contribution in [0.15, 0.2) is 97.1 Å². The summed E-state index contributed by atoms with van der Waals surface area (Å²) >= 11 is 6.03. The average molecular weight is 545 g/mol. The molecule has 1 atom stereocenters. The number of hydrogen-bond acceptors (Lipinski definition) is 5. The number of para-hydroxylation sites is 2. The first-order valence-corrected chi connectivity index (χ1v) is 13.2. The molecule has 4 aromatic rings. The Morgan fingerprint density at radius 1 is 0.897 bits per heavy atom. The number of nitrogens with zero attached hydrogens (tertiary/aromatic N) is 1. The van der Waals surface area contributed by atoms with Crippen molar-refractivity contribution in [2.24, 2.45) is 5.73 Å². The molecule has 0 saturated carbocycles. The van der Waals surface area contributed by atoms with Gasteiger partial charge in [0.15, 0.2) is 0 Å². The van der Waals surface area contributed by atoms with Crippen LogP contribution in [0.4, 0.5) is 0 Å². The van der Waals surface area contributed by atoms with Gasteiger partial charge in [0.1, 0.15) is 29.9 Å². The Kier molecular flexibility index (Phi) is 9.97. The smallest absolute Gasteiger partial charge is 0.320 e. The molecular weight excluding hydrogens is 512 g/mol. The fourth-order valence-electron chi connectivity index (χ4n) is 4.24. The number of benzene rings is 4. The minimum absolute atomic E-state index is 0.307. The molecular formula is C32H33ClN2O4. The van der Waals surface area contributed by atoms with Gasteiger partial charge in [-0.25, -0.2) is 0 Å². The monoisotopic (exact) mass is 544 g/mol. The average Bonchev–Trinajstić information content (AvgIpc) is 2.93. The molecule has 6 nitrogen and oxygen atoms in total. The van der Waals surface area contributed by atoms with Crippen molar-refractivity contribution in [3.8, 4) is 17.2 Å². The zero-order valence-corrected chi connectivity index (χ0v) is 22.7. The largest absolute Gasteiger partial charge is 0.489 e. The van der Waals surface area contributed by atoms with E-state index in [4.69, 9.17) is 26.8 Å². The number of nitrogens with two attached hydrogens (primary N) is 1. The fourth-order valence-corrected chi connectivity index (χ4v) is 4.37. The maximum Gasteiger partial charge on any atom is 0.320 e. The molecule has 0 heterocycles. The highest BCUT2D eigenvalue weighted by molar-refractivity contribution is 6.30. The van der Waals surface area contributed by atoms with Gasteiger partial charge in [-0.1, -0.05) is 77.8 Å². The Morgan fingerprint density at radius 2 is 1.54 bits per heavy atom. The second-order valence-corrected chi connectivity index (χ2v) is 9.93. The molecule has 0 aromatic heterocycles. The SMILES string of the molecule is Cc1cccc(COc2ccccc2CN(CC[C@H](N)C(=O)O)Cc2ccccc2Oc2ccc(Cl)cc2)c1. The van der Waals surface area contributed by atoms with E-state index in [-0.39, 0.29) is 0 Å². The molecule has 0 saturated heterocycles. The summed E-state index contributed by atoms with van der Waals surface area (Å²) in [6, 6.07) is 30.3. The minimum atomic E-state index is -1.01. The summed E-state index contributed by atoms with van der Waals surface area (Å²) < 4.78 is 12.4. The van der Waals surface area contributed by atoms with E-state index in [1.807, 2.05) is 72.8 Å². The molecule has 3 N–H and O–H groups in total. The van der Waals surface area contributed by atoms with Gasteiger partial charge in [-0.2, -0.15) is 0 Å². The van der Waals surface area contributed by atoms with Crippen LogP contribution in [-0.4, -0.2) is 28.6 Å².